The molecule has 1 saturated heterocycles. The summed E-state index contributed by atoms with van der Waals surface area (Å²) in [6.45, 7) is -0.215. The fourth-order valence-corrected chi connectivity index (χ4v) is 5.99. The number of rotatable bonds is 6. The highest BCUT2D eigenvalue weighted by Crippen LogP contribution is 2.33. The third kappa shape index (κ3) is 4.11. The molecule has 29 heavy (non-hydrogen) atoms. The van der Waals surface area contributed by atoms with E-state index in [1.54, 1.807) is 6.07 Å². The number of sulfonamides is 1. The van der Waals surface area contributed by atoms with Gasteiger partial charge in [-0.25, -0.2) is 17.6 Å². The molecule has 1 aromatic carbocycles. The zero-order chi connectivity index (χ0) is 21.2. The lowest BCUT2D eigenvalue weighted by molar-refractivity contribution is -0.144. The zero-order valence-electron chi connectivity index (χ0n) is 15.5. The molecule has 0 N–H and O–H groups in total. The molecule has 0 radical (unpaired) electrons. The van der Waals surface area contributed by atoms with Crippen LogP contribution in [0.2, 0.25) is 0 Å². The highest BCUT2D eigenvalue weighted by molar-refractivity contribution is 7.89. The summed E-state index contributed by atoms with van der Waals surface area (Å²) in [7, 11) is -1.97. The molecule has 156 valence electrons. The van der Waals surface area contributed by atoms with Crippen LogP contribution in [-0.2, 0) is 24.3 Å². The number of esters is 2. The normalized spacial score (nSPS) is 19.7. The molecule has 2 aromatic rings. The number of ether oxygens (including phenoxy) is 3. The molecule has 0 saturated carbocycles. The van der Waals surface area contributed by atoms with Gasteiger partial charge in [0.25, 0.3) is 0 Å². The topological polar surface area (TPSA) is 99.2 Å². The predicted octanol–water partition coefficient (Wildman–Crippen LogP) is 2.06. The van der Waals surface area contributed by atoms with E-state index in [2.05, 4.69) is 4.74 Å². The number of methoxy groups -OCH3 is 2. The van der Waals surface area contributed by atoms with Crippen molar-refractivity contribution in [3.05, 3.63) is 46.4 Å². The molecule has 8 nitrogen and oxygen atoms in total. The molecule has 2 unspecified atom stereocenters. The van der Waals surface area contributed by atoms with Crippen molar-refractivity contribution < 1.29 is 36.6 Å². The van der Waals surface area contributed by atoms with Gasteiger partial charge in [-0.2, -0.15) is 4.31 Å². The van der Waals surface area contributed by atoms with E-state index in [-0.39, 0.29) is 28.5 Å². The molecule has 11 heteroatoms. The van der Waals surface area contributed by atoms with Gasteiger partial charge < -0.3 is 14.2 Å². The molecule has 0 aliphatic carbocycles. The van der Waals surface area contributed by atoms with Crippen LogP contribution in [0, 0.1) is 5.82 Å². The van der Waals surface area contributed by atoms with Crippen LogP contribution < -0.4 is 4.74 Å². The summed E-state index contributed by atoms with van der Waals surface area (Å²) in [5.74, 6) is -2.23. The molecule has 0 amide bonds. The number of hydrogen-bond acceptors (Lipinski definition) is 8. The maximum atomic E-state index is 13.9. The number of para-hydroxylation sites is 1. The van der Waals surface area contributed by atoms with Crippen LogP contribution in [0.4, 0.5) is 4.39 Å². The molecule has 2 heterocycles. The average molecular weight is 443 g/mol. The first-order valence-corrected chi connectivity index (χ1v) is 10.8. The van der Waals surface area contributed by atoms with Crippen LogP contribution >= 0.6 is 11.3 Å². The van der Waals surface area contributed by atoms with Crippen molar-refractivity contribution in [2.24, 2.45) is 0 Å². The number of halogens is 1. The Labute approximate surface area is 170 Å². The smallest absolute Gasteiger partial charge is 0.349 e. The van der Waals surface area contributed by atoms with Gasteiger partial charge in [-0.15, -0.1) is 11.3 Å². The van der Waals surface area contributed by atoms with Gasteiger partial charge in [0.1, 0.15) is 21.9 Å². The fraction of sp³-hybridized carbons (Fsp3) is 0.333. The maximum absolute atomic E-state index is 13.9. The van der Waals surface area contributed by atoms with E-state index in [0.29, 0.717) is 0 Å². The van der Waals surface area contributed by atoms with Crippen LogP contribution in [0.25, 0.3) is 0 Å². The molecule has 1 aliphatic rings. The number of benzene rings is 1. The van der Waals surface area contributed by atoms with Crippen molar-refractivity contribution in [2.75, 3.05) is 20.8 Å². The molecule has 3 rings (SSSR count). The van der Waals surface area contributed by atoms with Crippen molar-refractivity contribution in [3.63, 3.8) is 0 Å². The predicted molar refractivity (Wildman–Crippen MR) is 101 cm³/mol. The molecule has 0 bridgehead atoms. The van der Waals surface area contributed by atoms with E-state index in [0.717, 1.165) is 29.9 Å². The number of nitrogens with zero attached hydrogens (tertiary/aromatic N) is 1. The van der Waals surface area contributed by atoms with Crippen molar-refractivity contribution in [2.45, 2.75) is 23.5 Å². The number of thiophene rings is 1. The summed E-state index contributed by atoms with van der Waals surface area (Å²) in [5, 5.41) is 1.44. The van der Waals surface area contributed by atoms with Gasteiger partial charge >= 0.3 is 11.9 Å². The number of carbonyl (C=O) groups is 2. The first-order valence-electron chi connectivity index (χ1n) is 8.46. The van der Waals surface area contributed by atoms with Crippen molar-refractivity contribution in [1.29, 1.82) is 0 Å². The van der Waals surface area contributed by atoms with Gasteiger partial charge in [0.15, 0.2) is 11.6 Å². The van der Waals surface area contributed by atoms with Gasteiger partial charge in [0.2, 0.25) is 10.0 Å². The van der Waals surface area contributed by atoms with Crippen molar-refractivity contribution >= 4 is 33.3 Å². The minimum absolute atomic E-state index is 0.0298. The summed E-state index contributed by atoms with van der Waals surface area (Å²) >= 11 is 0.911. The molecule has 1 fully saturated rings. The summed E-state index contributed by atoms with van der Waals surface area (Å²) in [5.41, 5.74) is 0. The third-order valence-electron chi connectivity index (χ3n) is 4.41. The minimum Gasteiger partial charge on any atom is -0.486 e. The molecule has 1 aliphatic heterocycles. The quantitative estimate of drug-likeness (QED) is 0.630. The Bertz CT molecular complexity index is 1020. The van der Waals surface area contributed by atoms with Gasteiger partial charge in [-0.1, -0.05) is 12.1 Å². The maximum Gasteiger partial charge on any atom is 0.349 e. The molecule has 0 spiro atoms. The fourth-order valence-electron chi connectivity index (χ4n) is 3.06. The number of carbonyl (C=O) groups excluding carboxylic acids is 2. The second kappa shape index (κ2) is 8.47. The van der Waals surface area contributed by atoms with Crippen LogP contribution in [0.1, 0.15) is 16.1 Å². The van der Waals surface area contributed by atoms with Crippen molar-refractivity contribution in [1.82, 2.24) is 4.31 Å². The Hall–Kier alpha value is -2.50. The average Bonchev–Trinajstić information content (AvgIpc) is 3.36. The Balaban J connectivity index is 1.93. The first-order chi connectivity index (χ1) is 13.8. The molecular weight excluding hydrogens is 425 g/mol. The summed E-state index contributed by atoms with van der Waals surface area (Å²) in [4.78, 5) is 23.8. The van der Waals surface area contributed by atoms with E-state index >= 15 is 0 Å². The van der Waals surface area contributed by atoms with E-state index in [9.17, 15) is 22.4 Å². The summed E-state index contributed by atoms with van der Waals surface area (Å²) in [6.07, 6.45) is -0.816. The first kappa shape index (κ1) is 21.2. The lowest BCUT2D eigenvalue weighted by Crippen LogP contribution is -2.41. The molecule has 1 aromatic heterocycles. The van der Waals surface area contributed by atoms with Crippen LogP contribution in [0.15, 0.2) is 40.6 Å². The highest BCUT2D eigenvalue weighted by atomic mass is 32.2. The largest absolute Gasteiger partial charge is 0.486 e. The standard InChI is InChI=1S/C18H18FNO7S2/c1-25-17(21)13-9-11(27-14-6-4-3-5-12(14)19)10-20(13)29(23,24)15-7-8-28-16(15)18(22)26-2/h3-8,11,13H,9-10H2,1-2H3. The van der Waals surface area contributed by atoms with Gasteiger partial charge in [-0.05, 0) is 23.6 Å². The highest BCUT2D eigenvalue weighted by Gasteiger charge is 2.47. The van der Waals surface area contributed by atoms with E-state index in [1.165, 1.54) is 29.6 Å². The summed E-state index contributed by atoms with van der Waals surface area (Å²) < 4.78 is 56.2. The monoisotopic (exact) mass is 443 g/mol. The lowest BCUT2D eigenvalue weighted by Gasteiger charge is -2.21. The van der Waals surface area contributed by atoms with E-state index in [1.807, 2.05) is 0 Å². The Morgan fingerprint density at radius 2 is 1.90 bits per heavy atom. The molecule has 2 atom stereocenters. The second-order valence-corrected chi connectivity index (χ2v) is 8.90. The van der Waals surface area contributed by atoms with Crippen molar-refractivity contribution in [3.8, 4) is 5.75 Å². The second-order valence-electron chi connectivity index (χ2n) is 6.13. The summed E-state index contributed by atoms with van der Waals surface area (Å²) in [6, 6.07) is 5.79. The third-order valence-corrected chi connectivity index (χ3v) is 7.35. The van der Waals surface area contributed by atoms with Crippen LogP contribution in [0.5, 0.6) is 5.75 Å². The van der Waals surface area contributed by atoms with E-state index in [4.69, 9.17) is 9.47 Å². The van der Waals surface area contributed by atoms with Crippen LogP contribution in [-0.4, -0.2) is 57.6 Å². The Morgan fingerprint density at radius 3 is 2.55 bits per heavy atom. The van der Waals surface area contributed by atoms with Gasteiger partial charge in [-0.3, -0.25) is 4.79 Å². The van der Waals surface area contributed by atoms with Crippen LogP contribution in [0.3, 0.4) is 0 Å². The van der Waals surface area contributed by atoms with E-state index < -0.39 is 39.9 Å². The SMILES string of the molecule is COC(=O)c1sccc1S(=O)(=O)N1CC(Oc2ccccc2F)CC1C(=O)OC. The lowest BCUT2D eigenvalue weighted by atomic mass is 10.2. The molecular formula is C18H18FNO7S2. The minimum atomic E-state index is -4.25. The number of hydrogen-bond donors (Lipinski definition) is 0. The Morgan fingerprint density at radius 1 is 1.17 bits per heavy atom. The van der Waals surface area contributed by atoms with Gasteiger partial charge in [0, 0.05) is 6.42 Å². The Kier molecular flexibility index (Phi) is 6.20. The van der Waals surface area contributed by atoms with Gasteiger partial charge in [0.05, 0.1) is 20.8 Å². The zero-order valence-corrected chi connectivity index (χ0v) is 17.2.